The molecule has 6 heteroatoms. The Morgan fingerprint density at radius 2 is 2.10 bits per heavy atom. The van der Waals surface area contributed by atoms with E-state index in [1.807, 2.05) is 6.92 Å². The quantitative estimate of drug-likeness (QED) is 0.744. The molecule has 1 atom stereocenters. The SMILES string of the molecule is CCCN(CC(F)(F)F)CC1(CNC2CC2)CCOC1. The van der Waals surface area contributed by atoms with Gasteiger partial charge in [0, 0.05) is 31.2 Å². The van der Waals surface area contributed by atoms with E-state index < -0.39 is 12.7 Å². The van der Waals surface area contributed by atoms with Gasteiger partial charge in [-0.2, -0.15) is 13.2 Å². The van der Waals surface area contributed by atoms with Crippen LogP contribution < -0.4 is 5.32 Å². The maximum absolute atomic E-state index is 12.7. The normalized spacial score (nSPS) is 27.4. The van der Waals surface area contributed by atoms with Crippen LogP contribution in [0.2, 0.25) is 0 Å². The maximum Gasteiger partial charge on any atom is 0.401 e. The van der Waals surface area contributed by atoms with Gasteiger partial charge in [-0.25, -0.2) is 0 Å². The van der Waals surface area contributed by atoms with Crippen molar-refractivity contribution >= 4 is 0 Å². The monoisotopic (exact) mass is 294 g/mol. The molecule has 0 spiro atoms. The molecule has 0 bridgehead atoms. The lowest BCUT2D eigenvalue weighted by molar-refractivity contribution is -0.149. The molecule has 1 heterocycles. The van der Waals surface area contributed by atoms with Gasteiger partial charge >= 0.3 is 6.18 Å². The van der Waals surface area contributed by atoms with Gasteiger partial charge in [0.05, 0.1) is 13.2 Å². The van der Waals surface area contributed by atoms with E-state index in [0.717, 1.165) is 19.4 Å². The fourth-order valence-electron chi connectivity index (χ4n) is 2.88. The first kappa shape index (κ1) is 16.0. The van der Waals surface area contributed by atoms with Crippen LogP contribution in [0.5, 0.6) is 0 Å². The van der Waals surface area contributed by atoms with Crippen molar-refractivity contribution < 1.29 is 17.9 Å². The minimum atomic E-state index is -4.13. The number of nitrogens with one attached hydrogen (secondary N) is 1. The zero-order valence-corrected chi connectivity index (χ0v) is 12.1. The predicted octanol–water partition coefficient (Wildman–Crippen LogP) is 2.42. The van der Waals surface area contributed by atoms with E-state index in [2.05, 4.69) is 5.32 Å². The summed E-state index contributed by atoms with van der Waals surface area (Å²) in [6.45, 7) is 4.08. The summed E-state index contributed by atoms with van der Waals surface area (Å²) in [7, 11) is 0. The first-order valence-electron chi connectivity index (χ1n) is 7.53. The van der Waals surface area contributed by atoms with E-state index in [4.69, 9.17) is 4.74 Å². The summed E-state index contributed by atoms with van der Waals surface area (Å²) in [5.74, 6) is 0. The molecule has 2 rings (SSSR count). The van der Waals surface area contributed by atoms with E-state index in [9.17, 15) is 13.2 Å². The van der Waals surface area contributed by atoms with Gasteiger partial charge in [-0.1, -0.05) is 6.92 Å². The number of halogens is 3. The second-order valence-electron chi connectivity index (χ2n) is 6.28. The highest BCUT2D eigenvalue weighted by Gasteiger charge is 2.40. The number of hydrogen-bond acceptors (Lipinski definition) is 3. The van der Waals surface area contributed by atoms with Gasteiger partial charge in [0.2, 0.25) is 0 Å². The molecular weight excluding hydrogens is 269 g/mol. The summed E-state index contributed by atoms with van der Waals surface area (Å²) in [5.41, 5.74) is -0.150. The van der Waals surface area contributed by atoms with Gasteiger partial charge in [-0.05, 0) is 32.2 Å². The fourth-order valence-corrected chi connectivity index (χ4v) is 2.88. The van der Waals surface area contributed by atoms with Crippen molar-refractivity contribution in [1.82, 2.24) is 10.2 Å². The third kappa shape index (κ3) is 5.22. The van der Waals surface area contributed by atoms with Crippen LogP contribution in [-0.2, 0) is 4.74 Å². The Hall–Kier alpha value is -0.330. The minimum absolute atomic E-state index is 0.150. The third-order valence-corrected chi connectivity index (χ3v) is 4.03. The van der Waals surface area contributed by atoms with Crippen LogP contribution in [0.15, 0.2) is 0 Å². The van der Waals surface area contributed by atoms with E-state index in [-0.39, 0.29) is 5.41 Å². The summed E-state index contributed by atoms with van der Waals surface area (Å²) in [6.07, 6.45) is -0.149. The summed E-state index contributed by atoms with van der Waals surface area (Å²) >= 11 is 0. The standard InChI is InChI=1S/C14H25F3N2O/c1-2-6-19(10-14(15,16)17)9-13(5-7-20-11-13)8-18-12-3-4-12/h12,18H,2-11H2,1H3. The number of hydrogen-bond donors (Lipinski definition) is 1. The molecule has 20 heavy (non-hydrogen) atoms. The van der Waals surface area contributed by atoms with Crippen LogP contribution in [0.1, 0.15) is 32.6 Å². The van der Waals surface area contributed by atoms with E-state index in [1.165, 1.54) is 12.8 Å². The lowest BCUT2D eigenvalue weighted by Gasteiger charge is -2.35. The van der Waals surface area contributed by atoms with Crippen molar-refractivity contribution in [3.8, 4) is 0 Å². The highest BCUT2D eigenvalue weighted by molar-refractivity contribution is 4.92. The topological polar surface area (TPSA) is 24.5 Å². The summed E-state index contributed by atoms with van der Waals surface area (Å²) in [6, 6.07) is 0.578. The summed E-state index contributed by atoms with van der Waals surface area (Å²) < 4.78 is 43.5. The molecule has 1 unspecified atom stereocenters. The van der Waals surface area contributed by atoms with E-state index >= 15 is 0 Å². The molecule has 0 aromatic rings. The second kappa shape index (κ2) is 6.62. The number of nitrogens with zero attached hydrogens (tertiary/aromatic N) is 1. The van der Waals surface area contributed by atoms with E-state index in [0.29, 0.717) is 32.3 Å². The molecule has 1 aliphatic carbocycles. The molecule has 0 aromatic carbocycles. The van der Waals surface area contributed by atoms with Gasteiger partial charge < -0.3 is 10.1 Å². The highest BCUT2D eigenvalue weighted by atomic mass is 19.4. The van der Waals surface area contributed by atoms with Crippen LogP contribution in [-0.4, -0.2) is 56.5 Å². The average molecular weight is 294 g/mol. The Bertz CT molecular complexity index is 299. The van der Waals surface area contributed by atoms with Crippen LogP contribution in [0.4, 0.5) is 13.2 Å². The number of ether oxygens (including phenoxy) is 1. The first-order valence-corrected chi connectivity index (χ1v) is 7.53. The number of rotatable bonds is 8. The number of alkyl halides is 3. The van der Waals surface area contributed by atoms with Gasteiger partial charge in [0.15, 0.2) is 0 Å². The summed E-state index contributed by atoms with van der Waals surface area (Å²) in [4.78, 5) is 1.54. The molecule has 118 valence electrons. The van der Waals surface area contributed by atoms with Crippen molar-refractivity contribution in [1.29, 1.82) is 0 Å². The first-order chi connectivity index (χ1) is 9.42. The predicted molar refractivity (Wildman–Crippen MR) is 71.7 cm³/mol. The molecule has 0 amide bonds. The largest absolute Gasteiger partial charge is 0.401 e. The minimum Gasteiger partial charge on any atom is -0.381 e. The Morgan fingerprint density at radius 1 is 1.35 bits per heavy atom. The molecule has 0 radical (unpaired) electrons. The van der Waals surface area contributed by atoms with Gasteiger partial charge in [-0.3, -0.25) is 4.90 Å². The molecule has 0 aromatic heterocycles. The Labute approximate surface area is 118 Å². The Balaban J connectivity index is 1.92. The van der Waals surface area contributed by atoms with Crippen LogP contribution in [0, 0.1) is 5.41 Å². The van der Waals surface area contributed by atoms with Crippen LogP contribution in [0.25, 0.3) is 0 Å². The van der Waals surface area contributed by atoms with Crippen molar-refractivity contribution in [2.45, 2.75) is 44.8 Å². The maximum atomic E-state index is 12.7. The average Bonchev–Trinajstić information content (AvgIpc) is 3.06. The van der Waals surface area contributed by atoms with Crippen LogP contribution >= 0.6 is 0 Å². The summed E-state index contributed by atoms with van der Waals surface area (Å²) in [5, 5.41) is 3.46. The smallest absolute Gasteiger partial charge is 0.381 e. The highest BCUT2D eigenvalue weighted by Crippen LogP contribution is 2.32. The third-order valence-electron chi connectivity index (χ3n) is 4.03. The van der Waals surface area contributed by atoms with Crippen molar-refractivity contribution in [3.05, 3.63) is 0 Å². The second-order valence-corrected chi connectivity index (χ2v) is 6.28. The molecule has 1 saturated heterocycles. The molecule has 1 aliphatic heterocycles. The zero-order valence-electron chi connectivity index (χ0n) is 12.1. The molecule has 2 fully saturated rings. The molecule has 1 N–H and O–H groups in total. The Kier molecular flexibility index (Phi) is 5.31. The zero-order chi connectivity index (χ0) is 14.6. The molecule has 3 nitrogen and oxygen atoms in total. The van der Waals surface area contributed by atoms with Crippen molar-refractivity contribution in [2.75, 3.05) is 39.4 Å². The molecular formula is C14H25F3N2O. The van der Waals surface area contributed by atoms with Crippen molar-refractivity contribution in [2.24, 2.45) is 5.41 Å². The fraction of sp³-hybridized carbons (Fsp3) is 1.00. The molecule has 2 aliphatic rings. The Morgan fingerprint density at radius 3 is 2.60 bits per heavy atom. The lowest BCUT2D eigenvalue weighted by atomic mass is 9.86. The van der Waals surface area contributed by atoms with E-state index in [1.54, 1.807) is 4.90 Å². The lowest BCUT2D eigenvalue weighted by Crippen LogP contribution is -2.47. The van der Waals surface area contributed by atoms with Gasteiger partial charge in [-0.15, -0.1) is 0 Å². The van der Waals surface area contributed by atoms with Gasteiger partial charge in [0.1, 0.15) is 0 Å². The molecule has 1 saturated carbocycles. The van der Waals surface area contributed by atoms with Gasteiger partial charge in [0.25, 0.3) is 0 Å². The van der Waals surface area contributed by atoms with Crippen LogP contribution in [0.3, 0.4) is 0 Å². The van der Waals surface area contributed by atoms with Crippen molar-refractivity contribution in [3.63, 3.8) is 0 Å².